The topological polar surface area (TPSA) is 12.0 Å². The highest BCUT2D eigenvalue weighted by Gasteiger charge is 2.15. The Labute approximate surface area is 96.0 Å². The van der Waals surface area contributed by atoms with Gasteiger partial charge >= 0.3 is 0 Å². The van der Waals surface area contributed by atoms with Crippen molar-refractivity contribution >= 4 is 34.0 Å². The van der Waals surface area contributed by atoms with Crippen LogP contribution in [0.25, 0.3) is 0 Å². The summed E-state index contributed by atoms with van der Waals surface area (Å²) in [5, 5.41) is 4.16. The van der Waals surface area contributed by atoms with Crippen molar-refractivity contribution in [1.29, 1.82) is 0 Å². The van der Waals surface area contributed by atoms with E-state index >= 15 is 0 Å². The molecule has 1 nitrogen and oxygen atoms in total. The van der Waals surface area contributed by atoms with Crippen LogP contribution in [0, 0.1) is 0 Å². The normalized spacial score (nSPS) is 21.5. The summed E-state index contributed by atoms with van der Waals surface area (Å²) in [6.07, 6.45) is 7.08. The molecule has 0 aliphatic carbocycles. The Kier molecular flexibility index (Phi) is 10.2. The highest BCUT2D eigenvalue weighted by molar-refractivity contribution is 8.77. The van der Waals surface area contributed by atoms with Gasteiger partial charge in [-0.05, 0) is 32.9 Å². The summed E-state index contributed by atoms with van der Waals surface area (Å²) in [6, 6.07) is 0. The van der Waals surface area contributed by atoms with Crippen molar-refractivity contribution in [2.45, 2.75) is 37.4 Å². The van der Waals surface area contributed by atoms with Crippen molar-refractivity contribution in [2.75, 3.05) is 19.3 Å². The molecule has 1 fully saturated rings. The molecule has 4 heteroatoms. The zero-order valence-corrected chi connectivity index (χ0v) is 10.7. The number of rotatable bonds is 6. The molecule has 0 spiro atoms. The minimum Gasteiger partial charge on any atom is -0.320 e. The second-order valence-electron chi connectivity index (χ2n) is 3.28. The van der Waals surface area contributed by atoms with E-state index in [2.05, 4.69) is 26.9 Å². The third-order valence-corrected chi connectivity index (χ3v) is 5.19. The van der Waals surface area contributed by atoms with E-state index in [1.54, 1.807) is 0 Å². The molecule has 1 unspecified atom stereocenters. The van der Waals surface area contributed by atoms with E-state index in [-0.39, 0.29) is 12.4 Å². The fourth-order valence-corrected chi connectivity index (χ4v) is 4.44. The highest BCUT2D eigenvalue weighted by atomic mass is 35.5. The molecule has 1 aliphatic rings. The molecule has 13 heavy (non-hydrogen) atoms. The average Bonchev–Trinajstić information content (AvgIpc) is 2.57. The first-order chi connectivity index (χ1) is 5.93. The van der Waals surface area contributed by atoms with Crippen molar-refractivity contribution in [3.8, 4) is 0 Å². The van der Waals surface area contributed by atoms with Crippen LogP contribution in [-0.4, -0.2) is 24.6 Å². The molecule has 0 amide bonds. The average molecular weight is 242 g/mol. The van der Waals surface area contributed by atoms with Crippen molar-refractivity contribution in [3.63, 3.8) is 0 Å². The fraction of sp³-hybridized carbons (Fsp3) is 1.00. The number of hydrogen-bond donors (Lipinski definition) is 1. The lowest BCUT2D eigenvalue weighted by Crippen LogP contribution is -2.07. The van der Waals surface area contributed by atoms with Crippen molar-refractivity contribution in [1.82, 2.24) is 5.32 Å². The Balaban J connectivity index is 0.00000144. The third kappa shape index (κ3) is 6.95. The van der Waals surface area contributed by atoms with Crippen LogP contribution >= 0.6 is 34.0 Å². The summed E-state index contributed by atoms with van der Waals surface area (Å²) in [5.41, 5.74) is 0. The third-order valence-electron chi connectivity index (χ3n) is 2.18. The van der Waals surface area contributed by atoms with E-state index in [0.717, 1.165) is 5.25 Å². The molecule has 1 heterocycles. The van der Waals surface area contributed by atoms with Crippen LogP contribution in [0.15, 0.2) is 0 Å². The summed E-state index contributed by atoms with van der Waals surface area (Å²) in [7, 11) is 6.19. The van der Waals surface area contributed by atoms with Crippen LogP contribution in [0.5, 0.6) is 0 Å². The van der Waals surface area contributed by atoms with Gasteiger partial charge in [-0.3, -0.25) is 0 Å². The van der Waals surface area contributed by atoms with Crippen LogP contribution in [0.3, 0.4) is 0 Å². The Bertz CT molecular complexity index is 108. The highest BCUT2D eigenvalue weighted by Crippen LogP contribution is 2.39. The summed E-state index contributed by atoms with van der Waals surface area (Å²) in [4.78, 5) is 0. The minimum atomic E-state index is 0. The zero-order chi connectivity index (χ0) is 8.65. The molecule has 1 saturated heterocycles. The van der Waals surface area contributed by atoms with Crippen LogP contribution in [0.2, 0.25) is 0 Å². The van der Waals surface area contributed by atoms with Crippen LogP contribution in [0.4, 0.5) is 0 Å². The molecule has 1 rings (SSSR count). The van der Waals surface area contributed by atoms with Gasteiger partial charge in [-0.25, -0.2) is 0 Å². The molecule has 0 aromatic rings. The number of halogens is 1. The van der Waals surface area contributed by atoms with Gasteiger partial charge < -0.3 is 5.32 Å². The monoisotopic (exact) mass is 241 g/mol. The van der Waals surface area contributed by atoms with Gasteiger partial charge in [-0.15, -0.1) is 12.4 Å². The lowest BCUT2D eigenvalue weighted by atomic mass is 10.1. The maximum absolute atomic E-state index is 3.19. The van der Waals surface area contributed by atoms with Gasteiger partial charge in [0.2, 0.25) is 0 Å². The molecule has 1 N–H and O–H groups in total. The van der Waals surface area contributed by atoms with Gasteiger partial charge in [-0.2, -0.15) is 0 Å². The van der Waals surface area contributed by atoms with E-state index in [1.807, 2.05) is 7.05 Å². The summed E-state index contributed by atoms with van der Waals surface area (Å²) in [5.74, 6) is 1.38. The van der Waals surface area contributed by atoms with Crippen LogP contribution < -0.4 is 5.32 Å². The predicted molar refractivity (Wildman–Crippen MR) is 68.1 cm³/mol. The first kappa shape index (κ1) is 13.9. The van der Waals surface area contributed by atoms with Crippen molar-refractivity contribution in [2.24, 2.45) is 0 Å². The van der Waals surface area contributed by atoms with Gasteiger partial charge in [-0.1, -0.05) is 34.4 Å². The first-order valence-electron chi connectivity index (χ1n) is 4.86. The zero-order valence-electron chi connectivity index (χ0n) is 8.25. The Morgan fingerprint density at radius 1 is 1.31 bits per heavy atom. The predicted octanol–water partition coefficient (Wildman–Crippen LogP) is 3.34. The molecule has 1 atom stereocenters. The largest absolute Gasteiger partial charge is 0.320 e. The van der Waals surface area contributed by atoms with Gasteiger partial charge in [0.25, 0.3) is 0 Å². The van der Waals surface area contributed by atoms with Gasteiger partial charge in [0, 0.05) is 11.0 Å². The number of hydrogen-bond acceptors (Lipinski definition) is 3. The molecular weight excluding hydrogens is 222 g/mol. The molecule has 80 valence electrons. The van der Waals surface area contributed by atoms with Crippen molar-refractivity contribution < 1.29 is 0 Å². The van der Waals surface area contributed by atoms with Crippen LogP contribution in [0.1, 0.15) is 32.1 Å². The Morgan fingerprint density at radius 2 is 2.15 bits per heavy atom. The lowest BCUT2D eigenvalue weighted by molar-refractivity contribution is 0.603. The second kappa shape index (κ2) is 9.50. The Morgan fingerprint density at radius 3 is 2.77 bits per heavy atom. The Hall–Kier alpha value is 0.950. The summed E-state index contributed by atoms with van der Waals surface area (Å²) in [6.45, 7) is 1.19. The molecule has 0 aromatic carbocycles. The van der Waals surface area contributed by atoms with E-state index in [0.29, 0.717) is 0 Å². The maximum Gasteiger partial charge on any atom is 0.0159 e. The van der Waals surface area contributed by atoms with Crippen molar-refractivity contribution in [3.05, 3.63) is 0 Å². The van der Waals surface area contributed by atoms with Gasteiger partial charge in [0.1, 0.15) is 0 Å². The van der Waals surface area contributed by atoms with Gasteiger partial charge in [0.05, 0.1) is 0 Å². The molecule has 0 bridgehead atoms. The van der Waals surface area contributed by atoms with E-state index < -0.39 is 0 Å². The molecule has 0 radical (unpaired) electrons. The van der Waals surface area contributed by atoms with Crippen LogP contribution in [-0.2, 0) is 0 Å². The maximum atomic E-state index is 3.19. The standard InChI is InChI=1S/C9H19NS2.ClH/c1-10-7-4-2-3-5-9-6-8-11-12-9;/h9-10H,2-8H2,1H3;1H. The molecular formula is C9H20ClNS2. The van der Waals surface area contributed by atoms with E-state index in [4.69, 9.17) is 0 Å². The number of unbranched alkanes of at least 4 members (excludes halogenated alkanes) is 2. The van der Waals surface area contributed by atoms with E-state index in [9.17, 15) is 0 Å². The smallest absolute Gasteiger partial charge is 0.0159 e. The molecule has 1 aliphatic heterocycles. The summed E-state index contributed by atoms with van der Waals surface area (Å²) < 4.78 is 0. The summed E-state index contributed by atoms with van der Waals surface area (Å²) >= 11 is 0. The van der Waals surface area contributed by atoms with Gasteiger partial charge in [0.15, 0.2) is 0 Å². The SMILES string of the molecule is CNCCCCCC1CCSS1.Cl. The molecule has 0 aromatic heterocycles. The quantitative estimate of drug-likeness (QED) is 0.566. The van der Waals surface area contributed by atoms with E-state index in [1.165, 1.54) is 44.4 Å². The second-order valence-corrected chi connectivity index (χ2v) is 6.07. The fourth-order valence-electron chi connectivity index (χ4n) is 1.42. The number of nitrogens with one attached hydrogen (secondary N) is 1. The minimum absolute atomic E-state index is 0. The first-order valence-corrected chi connectivity index (χ1v) is 7.24. The molecule has 0 saturated carbocycles. The lowest BCUT2D eigenvalue weighted by Gasteiger charge is -2.06.